The van der Waals surface area contributed by atoms with Crippen molar-refractivity contribution in [2.45, 2.75) is 32.6 Å². The number of aliphatic hydroxyl groups is 2. The lowest BCUT2D eigenvalue weighted by molar-refractivity contribution is -0.120. The van der Waals surface area contributed by atoms with Crippen molar-refractivity contribution in [3.63, 3.8) is 0 Å². The van der Waals surface area contributed by atoms with Crippen LogP contribution in [0.15, 0.2) is 16.4 Å². The number of hydrogen-bond donors (Lipinski definition) is 2. The van der Waals surface area contributed by atoms with Gasteiger partial charge in [0.25, 0.3) is 0 Å². The van der Waals surface area contributed by atoms with Gasteiger partial charge in [0, 0.05) is 12.8 Å². The van der Waals surface area contributed by atoms with Crippen LogP contribution < -0.4 is 0 Å². The van der Waals surface area contributed by atoms with Gasteiger partial charge in [-0.1, -0.05) is 13.3 Å². The Morgan fingerprint density at radius 3 is 2.69 bits per heavy atom. The van der Waals surface area contributed by atoms with E-state index >= 15 is 0 Å². The number of ketones is 1. The molecule has 1 rings (SSSR count). The van der Waals surface area contributed by atoms with Crippen molar-refractivity contribution in [3.8, 4) is 0 Å². The predicted molar refractivity (Wildman–Crippen MR) is 65.1 cm³/mol. The molecule has 1 heterocycles. The smallest absolute Gasteiger partial charge is 0.207 e. The van der Waals surface area contributed by atoms with Gasteiger partial charge in [0.2, 0.25) is 5.78 Å². The maximum atomic E-state index is 11.6. The van der Waals surface area contributed by atoms with Crippen LogP contribution in [0.2, 0.25) is 0 Å². The molecule has 0 radical (unpaired) electrons. The Balaban J connectivity index is 0.00000225. The van der Waals surface area contributed by atoms with Crippen LogP contribution in [0.1, 0.15) is 32.6 Å². The van der Waals surface area contributed by atoms with E-state index in [1.807, 2.05) is 6.92 Å². The summed E-state index contributed by atoms with van der Waals surface area (Å²) in [6.45, 7) is 1.99. The highest BCUT2D eigenvalue weighted by Crippen LogP contribution is 2.21. The number of carbonyl (C=O) groups excluding carboxylic acids is 1. The summed E-state index contributed by atoms with van der Waals surface area (Å²) in [4.78, 5) is 15.7. The largest absolute Gasteiger partial charge is 0.503 e. The molecule has 0 spiro atoms. The minimum atomic E-state index is -0.313. The van der Waals surface area contributed by atoms with E-state index in [2.05, 4.69) is 4.99 Å². The van der Waals surface area contributed by atoms with Gasteiger partial charge < -0.3 is 10.2 Å². The van der Waals surface area contributed by atoms with E-state index in [-0.39, 0.29) is 36.5 Å². The van der Waals surface area contributed by atoms with Crippen LogP contribution in [0, 0.1) is 5.92 Å². The quantitative estimate of drug-likeness (QED) is 0.731. The fourth-order valence-corrected chi connectivity index (χ4v) is 1.57. The van der Waals surface area contributed by atoms with Crippen LogP contribution in [0.25, 0.3) is 0 Å². The number of aliphatic imine (C=N–C) groups is 1. The number of carbonyl (C=O) groups is 1. The van der Waals surface area contributed by atoms with E-state index in [1.54, 1.807) is 6.21 Å². The molecule has 0 saturated carbocycles. The molecule has 0 aromatic heterocycles. The fraction of sp³-hybridized carbons (Fsp3) is 0.636. The molecule has 1 atom stereocenters. The van der Waals surface area contributed by atoms with Gasteiger partial charge in [0.1, 0.15) is 0 Å². The summed E-state index contributed by atoms with van der Waals surface area (Å²) in [5.74, 6) is -0.736. The normalized spacial score (nSPS) is 19.9. The molecule has 0 fully saturated rings. The molecule has 0 saturated heterocycles. The molecule has 1 unspecified atom stereocenters. The third-order valence-electron chi connectivity index (χ3n) is 2.51. The first-order chi connectivity index (χ1) is 7.20. The summed E-state index contributed by atoms with van der Waals surface area (Å²) in [5, 5.41) is 18.1. The molecule has 0 aromatic rings. The molecule has 0 amide bonds. The first-order valence-electron chi connectivity index (χ1n) is 5.32. The average Bonchev–Trinajstić information content (AvgIpc) is 2.25. The van der Waals surface area contributed by atoms with Crippen molar-refractivity contribution in [2.75, 3.05) is 6.61 Å². The summed E-state index contributed by atoms with van der Waals surface area (Å²) in [5.41, 5.74) is 0.471. The molecular weight excluding hydrogens is 230 g/mol. The highest BCUT2D eigenvalue weighted by atomic mass is 35.5. The second-order valence-corrected chi connectivity index (χ2v) is 3.62. The summed E-state index contributed by atoms with van der Waals surface area (Å²) in [6.07, 6.45) is 4.27. The first kappa shape index (κ1) is 15.1. The van der Waals surface area contributed by atoms with Crippen molar-refractivity contribution in [2.24, 2.45) is 10.9 Å². The zero-order chi connectivity index (χ0) is 11.3. The van der Waals surface area contributed by atoms with E-state index in [0.717, 1.165) is 6.42 Å². The maximum absolute atomic E-state index is 11.6. The number of nitrogens with zero attached hydrogens (tertiary/aromatic N) is 1. The Morgan fingerprint density at radius 2 is 2.12 bits per heavy atom. The highest BCUT2D eigenvalue weighted by Gasteiger charge is 2.25. The molecule has 92 valence electrons. The number of rotatable bonds is 5. The van der Waals surface area contributed by atoms with Crippen LogP contribution in [0.5, 0.6) is 0 Å². The molecule has 5 heteroatoms. The Hall–Kier alpha value is -0.870. The third kappa shape index (κ3) is 3.61. The molecule has 0 aromatic carbocycles. The van der Waals surface area contributed by atoms with Gasteiger partial charge in [-0.2, -0.15) is 0 Å². The Bertz CT molecular complexity index is 300. The Kier molecular flexibility index (Phi) is 7.01. The second-order valence-electron chi connectivity index (χ2n) is 3.62. The van der Waals surface area contributed by atoms with Crippen LogP contribution in [-0.2, 0) is 4.79 Å². The summed E-state index contributed by atoms with van der Waals surface area (Å²) in [7, 11) is 0. The minimum absolute atomic E-state index is 0. The molecular formula is C11H18ClNO3. The summed E-state index contributed by atoms with van der Waals surface area (Å²) < 4.78 is 0. The zero-order valence-electron chi connectivity index (χ0n) is 9.35. The standard InChI is InChI=1S/C11H17NO3.ClH/c1-2-9-11(15)10(14)8(7-12-9)5-3-4-6-13;/h7-8,13,15H,2-6H2,1H3;1H. The van der Waals surface area contributed by atoms with Gasteiger partial charge in [-0.3, -0.25) is 9.79 Å². The van der Waals surface area contributed by atoms with E-state index < -0.39 is 0 Å². The number of halogens is 1. The molecule has 0 aliphatic carbocycles. The number of hydrogen-bond acceptors (Lipinski definition) is 4. The zero-order valence-corrected chi connectivity index (χ0v) is 10.2. The van der Waals surface area contributed by atoms with Crippen molar-refractivity contribution >= 4 is 24.4 Å². The molecule has 1 aliphatic rings. The van der Waals surface area contributed by atoms with Gasteiger partial charge in [0.15, 0.2) is 5.76 Å². The van der Waals surface area contributed by atoms with Gasteiger partial charge >= 0.3 is 0 Å². The van der Waals surface area contributed by atoms with Gasteiger partial charge in [-0.15, -0.1) is 12.4 Å². The molecule has 4 nitrogen and oxygen atoms in total. The van der Waals surface area contributed by atoms with E-state index in [9.17, 15) is 9.90 Å². The topological polar surface area (TPSA) is 69.9 Å². The van der Waals surface area contributed by atoms with E-state index in [1.165, 1.54) is 0 Å². The average molecular weight is 248 g/mol. The van der Waals surface area contributed by atoms with Crippen molar-refractivity contribution < 1.29 is 15.0 Å². The molecule has 1 aliphatic heterocycles. The molecule has 0 bridgehead atoms. The van der Waals surface area contributed by atoms with Gasteiger partial charge in [-0.25, -0.2) is 0 Å². The van der Waals surface area contributed by atoms with Crippen LogP contribution in [-0.4, -0.2) is 28.8 Å². The maximum Gasteiger partial charge on any atom is 0.207 e. The second kappa shape index (κ2) is 7.41. The number of aliphatic hydroxyl groups excluding tert-OH is 2. The lowest BCUT2D eigenvalue weighted by Gasteiger charge is -2.16. The molecule has 16 heavy (non-hydrogen) atoms. The predicted octanol–water partition coefficient (Wildman–Crippen LogP) is 2.02. The van der Waals surface area contributed by atoms with Crippen molar-refractivity contribution in [1.29, 1.82) is 0 Å². The summed E-state index contributed by atoms with van der Waals surface area (Å²) >= 11 is 0. The van der Waals surface area contributed by atoms with Crippen molar-refractivity contribution in [3.05, 3.63) is 11.5 Å². The van der Waals surface area contributed by atoms with E-state index in [0.29, 0.717) is 25.0 Å². The Morgan fingerprint density at radius 1 is 1.44 bits per heavy atom. The van der Waals surface area contributed by atoms with E-state index in [4.69, 9.17) is 5.11 Å². The van der Waals surface area contributed by atoms with Gasteiger partial charge in [-0.05, 0) is 19.3 Å². The van der Waals surface area contributed by atoms with Crippen LogP contribution >= 0.6 is 12.4 Å². The lowest BCUT2D eigenvalue weighted by Crippen LogP contribution is -2.22. The van der Waals surface area contributed by atoms with Crippen LogP contribution in [0.4, 0.5) is 0 Å². The van der Waals surface area contributed by atoms with Gasteiger partial charge in [0.05, 0.1) is 11.6 Å². The number of unbranched alkanes of at least 4 members (excludes halogenated alkanes) is 1. The fourth-order valence-electron chi connectivity index (χ4n) is 1.57. The van der Waals surface area contributed by atoms with Crippen LogP contribution in [0.3, 0.4) is 0 Å². The monoisotopic (exact) mass is 247 g/mol. The number of allylic oxidation sites excluding steroid dienone is 2. The van der Waals surface area contributed by atoms with Crippen molar-refractivity contribution in [1.82, 2.24) is 0 Å². The lowest BCUT2D eigenvalue weighted by atomic mass is 9.94. The Labute approximate surface area is 101 Å². The SMILES string of the molecule is CCC1=C(O)C(=O)C(CCCCO)C=N1.Cl. The number of Topliss-reactive ketones (excluding diaryl/α,β-unsaturated/α-hetero) is 1. The molecule has 2 N–H and O–H groups in total. The first-order valence-corrected chi connectivity index (χ1v) is 5.32. The third-order valence-corrected chi connectivity index (χ3v) is 2.51. The highest BCUT2D eigenvalue weighted by molar-refractivity contribution is 6.06. The minimum Gasteiger partial charge on any atom is -0.503 e. The summed E-state index contributed by atoms with van der Waals surface area (Å²) in [6, 6.07) is 0.